The Hall–Kier alpha value is -4.71. The molecule has 184 valence electrons. The van der Waals surface area contributed by atoms with Crippen molar-refractivity contribution < 1.29 is 18.7 Å². The van der Waals surface area contributed by atoms with E-state index in [-0.39, 0.29) is 18.3 Å². The summed E-state index contributed by atoms with van der Waals surface area (Å²) in [4.78, 5) is 12.7. The van der Waals surface area contributed by atoms with Gasteiger partial charge in [-0.25, -0.2) is 9.82 Å². The number of hydrogen-bond donors (Lipinski definition) is 1. The van der Waals surface area contributed by atoms with Crippen LogP contribution < -0.4 is 14.9 Å². The number of carbonyl (C=O) groups is 1. The van der Waals surface area contributed by atoms with Gasteiger partial charge in [0.05, 0.1) is 6.21 Å². The number of hydrazone groups is 1. The van der Waals surface area contributed by atoms with E-state index in [0.717, 1.165) is 32.7 Å². The summed E-state index contributed by atoms with van der Waals surface area (Å²) in [5.74, 6) is 0.535. The quantitative estimate of drug-likeness (QED) is 0.195. The fraction of sp³-hybridized carbons (Fsp3) is 0.0968. The number of rotatable bonds is 8. The minimum absolute atomic E-state index is 0.266. The maximum Gasteiger partial charge on any atom is 0.280 e. The van der Waals surface area contributed by atoms with Crippen molar-refractivity contribution in [3.63, 3.8) is 0 Å². The fourth-order valence-electron chi connectivity index (χ4n) is 4.03. The van der Waals surface area contributed by atoms with Gasteiger partial charge in [0.2, 0.25) is 0 Å². The Kier molecular flexibility index (Phi) is 7.08. The Bertz CT molecular complexity index is 1580. The monoisotopic (exact) mass is 492 g/mol. The highest BCUT2D eigenvalue weighted by Crippen LogP contribution is 2.27. The first-order valence-electron chi connectivity index (χ1n) is 11.9. The summed E-state index contributed by atoms with van der Waals surface area (Å²) in [6, 6.07) is 31.5. The molecule has 5 aromatic rings. The third-order valence-corrected chi connectivity index (χ3v) is 6.01. The Balaban J connectivity index is 1.29. The third-order valence-electron chi connectivity index (χ3n) is 6.01. The molecule has 0 aliphatic carbocycles. The van der Waals surface area contributed by atoms with Crippen molar-refractivity contribution >= 4 is 33.7 Å². The highest BCUT2D eigenvalue weighted by Gasteiger charge is 2.15. The Labute approximate surface area is 214 Å². The normalized spacial score (nSPS) is 12.1. The largest absolute Gasteiger partial charge is 0.488 e. The summed E-state index contributed by atoms with van der Waals surface area (Å²) < 4.78 is 25.1. The highest BCUT2D eigenvalue weighted by molar-refractivity contribution is 6.02. The molecule has 0 spiro atoms. The number of nitrogens with one attached hydrogen (secondary N) is 1. The van der Waals surface area contributed by atoms with Gasteiger partial charge in [-0.1, -0.05) is 72.8 Å². The number of nitrogens with zero attached hydrogens (tertiary/aromatic N) is 1. The van der Waals surface area contributed by atoms with Crippen LogP contribution in [0.3, 0.4) is 0 Å². The summed E-state index contributed by atoms with van der Waals surface area (Å²) in [5, 5.41) is 8.28. The number of amides is 1. The molecule has 0 unspecified atom stereocenters. The minimum atomic E-state index is -0.750. The summed E-state index contributed by atoms with van der Waals surface area (Å²) in [7, 11) is 0. The molecule has 0 bridgehead atoms. The van der Waals surface area contributed by atoms with Gasteiger partial charge in [0.15, 0.2) is 6.10 Å². The molecule has 1 N–H and O–H groups in total. The Morgan fingerprint density at radius 1 is 0.892 bits per heavy atom. The number of halogens is 1. The number of fused-ring (bicyclic) bond motifs is 2. The molecule has 0 heterocycles. The smallest absolute Gasteiger partial charge is 0.280 e. The van der Waals surface area contributed by atoms with Crippen LogP contribution in [0.4, 0.5) is 4.39 Å². The lowest BCUT2D eigenvalue weighted by molar-refractivity contribution is -0.127. The zero-order valence-electron chi connectivity index (χ0n) is 20.2. The molecule has 5 nitrogen and oxygen atoms in total. The van der Waals surface area contributed by atoms with Crippen LogP contribution in [0.15, 0.2) is 108 Å². The molecular formula is C31H25FN2O3. The molecule has 0 saturated heterocycles. The Morgan fingerprint density at radius 2 is 1.59 bits per heavy atom. The van der Waals surface area contributed by atoms with Crippen molar-refractivity contribution in [2.45, 2.75) is 19.6 Å². The van der Waals surface area contributed by atoms with Crippen molar-refractivity contribution in [1.29, 1.82) is 0 Å². The lowest BCUT2D eigenvalue weighted by atomic mass is 10.0. The van der Waals surface area contributed by atoms with Crippen molar-refractivity contribution in [1.82, 2.24) is 5.43 Å². The molecule has 0 fully saturated rings. The van der Waals surface area contributed by atoms with E-state index in [1.54, 1.807) is 25.3 Å². The van der Waals surface area contributed by atoms with Crippen molar-refractivity contribution in [3.8, 4) is 11.5 Å². The van der Waals surface area contributed by atoms with Crippen LogP contribution in [0, 0.1) is 5.82 Å². The molecule has 6 heteroatoms. The molecule has 37 heavy (non-hydrogen) atoms. The Morgan fingerprint density at radius 3 is 2.41 bits per heavy atom. The van der Waals surface area contributed by atoms with Crippen molar-refractivity contribution in [2.75, 3.05) is 0 Å². The average molecular weight is 493 g/mol. The van der Waals surface area contributed by atoms with E-state index in [2.05, 4.69) is 10.5 Å². The zero-order valence-corrected chi connectivity index (χ0v) is 20.2. The third kappa shape index (κ3) is 5.76. The minimum Gasteiger partial charge on any atom is -0.488 e. The van der Waals surface area contributed by atoms with Gasteiger partial charge in [-0.05, 0) is 64.4 Å². The topological polar surface area (TPSA) is 59.9 Å². The van der Waals surface area contributed by atoms with Gasteiger partial charge in [0.25, 0.3) is 5.91 Å². The molecule has 1 amide bonds. The molecule has 1 atom stereocenters. The predicted octanol–water partition coefficient (Wildman–Crippen LogP) is 6.63. The lowest BCUT2D eigenvalue weighted by Crippen LogP contribution is -2.33. The van der Waals surface area contributed by atoms with Crippen LogP contribution in [0.25, 0.3) is 21.5 Å². The second-order valence-electron chi connectivity index (χ2n) is 8.62. The van der Waals surface area contributed by atoms with Gasteiger partial charge >= 0.3 is 0 Å². The number of carbonyl (C=O) groups excluding carboxylic acids is 1. The first-order valence-corrected chi connectivity index (χ1v) is 11.9. The van der Waals surface area contributed by atoms with E-state index in [9.17, 15) is 9.18 Å². The molecule has 0 aliphatic rings. The molecule has 5 rings (SSSR count). The van der Waals surface area contributed by atoms with Crippen molar-refractivity contribution in [3.05, 3.63) is 120 Å². The second-order valence-corrected chi connectivity index (χ2v) is 8.62. The fourth-order valence-corrected chi connectivity index (χ4v) is 4.03. The van der Waals surface area contributed by atoms with E-state index < -0.39 is 6.10 Å². The SMILES string of the molecule is C[C@@H](Oc1ccc2ccccc2c1)C(=O)N/N=C\c1c(OCc2ccc(F)cc2)ccc2ccccc12. The van der Waals surface area contributed by atoms with Gasteiger partial charge in [-0.2, -0.15) is 5.10 Å². The summed E-state index contributed by atoms with van der Waals surface area (Å²) in [6.45, 7) is 1.94. The van der Waals surface area contributed by atoms with Crippen LogP contribution in [0.1, 0.15) is 18.1 Å². The van der Waals surface area contributed by atoms with Crippen LogP contribution in [-0.2, 0) is 11.4 Å². The molecule has 0 radical (unpaired) electrons. The average Bonchev–Trinajstić information content (AvgIpc) is 2.93. The maximum absolute atomic E-state index is 13.2. The molecule has 0 saturated carbocycles. The van der Waals surface area contributed by atoms with Gasteiger partial charge < -0.3 is 9.47 Å². The molecule has 0 aliphatic heterocycles. The van der Waals surface area contributed by atoms with Crippen molar-refractivity contribution in [2.24, 2.45) is 5.10 Å². The van der Waals surface area contributed by atoms with E-state index >= 15 is 0 Å². The molecule has 0 aromatic heterocycles. The van der Waals surface area contributed by atoms with E-state index in [4.69, 9.17) is 9.47 Å². The number of ether oxygens (including phenoxy) is 2. The molecule has 5 aromatic carbocycles. The van der Waals surface area contributed by atoms with E-state index in [0.29, 0.717) is 11.5 Å². The standard InChI is InChI=1S/C31H25FN2O3/c1-21(37-27-16-12-23-6-2-3-8-25(23)18-27)31(35)34-33-19-29-28-9-5-4-7-24(28)13-17-30(29)36-20-22-10-14-26(32)15-11-22/h2-19,21H,20H2,1H3,(H,34,35)/b33-19-/t21-/m1/s1. The maximum atomic E-state index is 13.2. The van der Waals surface area contributed by atoms with Gasteiger partial charge in [-0.3, -0.25) is 4.79 Å². The summed E-state index contributed by atoms with van der Waals surface area (Å²) in [6.07, 6.45) is 0.822. The second kappa shape index (κ2) is 10.9. The zero-order chi connectivity index (χ0) is 25.6. The summed E-state index contributed by atoms with van der Waals surface area (Å²) in [5.41, 5.74) is 4.13. The van der Waals surface area contributed by atoms with Crippen LogP contribution in [0.2, 0.25) is 0 Å². The number of hydrogen-bond acceptors (Lipinski definition) is 4. The van der Waals surface area contributed by atoms with Crippen LogP contribution in [0.5, 0.6) is 11.5 Å². The lowest BCUT2D eigenvalue weighted by Gasteiger charge is -2.14. The van der Waals surface area contributed by atoms with E-state index in [1.165, 1.54) is 12.1 Å². The first kappa shape index (κ1) is 24.0. The first-order chi connectivity index (χ1) is 18.1. The van der Waals surface area contributed by atoms with Crippen LogP contribution >= 0.6 is 0 Å². The predicted molar refractivity (Wildman–Crippen MR) is 144 cm³/mol. The van der Waals surface area contributed by atoms with Gasteiger partial charge in [0, 0.05) is 5.56 Å². The van der Waals surface area contributed by atoms with Crippen LogP contribution in [-0.4, -0.2) is 18.2 Å². The van der Waals surface area contributed by atoms with E-state index in [1.807, 2.05) is 78.9 Å². The number of benzene rings is 5. The summed E-state index contributed by atoms with van der Waals surface area (Å²) >= 11 is 0. The molecular weight excluding hydrogens is 467 g/mol. The van der Waals surface area contributed by atoms with Gasteiger partial charge in [-0.15, -0.1) is 0 Å². The van der Waals surface area contributed by atoms with Gasteiger partial charge in [0.1, 0.15) is 23.9 Å². The highest BCUT2D eigenvalue weighted by atomic mass is 19.1.